The van der Waals surface area contributed by atoms with E-state index in [2.05, 4.69) is 109 Å². The van der Waals surface area contributed by atoms with Crippen molar-refractivity contribution in [2.24, 2.45) is 0 Å². The lowest BCUT2D eigenvalue weighted by Gasteiger charge is -2.18. The van der Waals surface area contributed by atoms with Crippen molar-refractivity contribution in [3.63, 3.8) is 0 Å². The molecule has 0 spiro atoms. The number of hydrogen-bond acceptors (Lipinski definition) is 8. The predicted octanol–water partition coefficient (Wildman–Crippen LogP) is 12.9. The van der Waals surface area contributed by atoms with E-state index in [9.17, 15) is 0 Å². The third-order valence-corrected chi connectivity index (χ3v) is 13.5. The molecule has 0 fully saturated rings. The minimum atomic E-state index is 0.788. The smallest absolute Gasteiger partial charge is 0.0525 e. The monoisotopic (exact) mass is 798 g/mol. The average molecular weight is 799 g/mol. The van der Waals surface area contributed by atoms with Gasteiger partial charge in [0, 0.05) is 48.7 Å². The van der Waals surface area contributed by atoms with Gasteiger partial charge in [-0.1, -0.05) is 182 Å². The van der Waals surface area contributed by atoms with E-state index >= 15 is 0 Å². The summed E-state index contributed by atoms with van der Waals surface area (Å²) in [6.45, 7) is 0. The highest BCUT2D eigenvalue weighted by molar-refractivity contribution is 8.23. The van der Waals surface area contributed by atoms with Crippen LogP contribution in [0.25, 0.3) is 0 Å². The Labute approximate surface area is 336 Å². The van der Waals surface area contributed by atoms with E-state index in [4.69, 9.17) is 48.9 Å². The molecule has 0 aromatic heterocycles. The van der Waals surface area contributed by atoms with Crippen LogP contribution in [-0.2, 0) is 48.7 Å². The molecule has 0 atom stereocenters. The molecule has 254 valence electrons. The first-order valence-electron chi connectivity index (χ1n) is 16.3. The fourth-order valence-electron chi connectivity index (χ4n) is 5.22. The molecule has 5 rings (SSSR count). The molecule has 5 aromatic rings. The van der Waals surface area contributed by atoms with Crippen molar-refractivity contribution in [1.29, 1.82) is 0 Å². The van der Waals surface area contributed by atoms with Crippen LogP contribution >= 0.6 is 95.9 Å². The van der Waals surface area contributed by atoms with Gasteiger partial charge < -0.3 is 0 Å². The number of thiocarbonyl (C=S) groups is 4. The Kier molecular flexibility index (Phi) is 16.7. The molecule has 0 nitrogen and oxygen atoms in total. The lowest BCUT2D eigenvalue weighted by molar-refractivity contribution is 1.19. The second-order valence-corrected chi connectivity index (χ2v) is 19.0. The summed E-state index contributed by atoms with van der Waals surface area (Å²) in [6.07, 6.45) is 3.15. The van der Waals surface area contributed by atoms with Crippen molar-refractivity contribution in [2.45, 2.75) is 48.7 Å². The maximum Gasteiger partial charge on any atom is 0.0525 e. The largest absolute Gasteiger partial charge is 0.114 e. The summed E-state index contributed by atoms with van der Waals surface area (Å²) in [5.74, 6) is 3.27. The number of benzene rings is 5. The first-order valence-corrected chi connectivity index (χ1v) is 21.9. The Bertz CT molecular complexity index is 1580. The maximum absolute atomic E-state index is 5.89. The second kappa shape index (κ2) is 21.4. The molecule has 0 bridgehead atoms. The molecule has 0 saturated carbocycles. The molecule has 0 amide bonds. The van der Waals surface area contributed by atoms with Gasteiger partial charge in [0.15, 0.2) is 0 Å². The summed E-state index contributed by atoms with van der Waals surface area (Å²) in [5.41, 5.74) is 10.2. The third kappa shape index (κ3) is 13.8. The number of thioether (sulfide) groups is 4. The average Bonchev–Trinajstić information content (AvgIpc) is 3.13. The van der Waals surface area contributed by atoms with Crippen molar-refractivity contribution < 1.29 is 0 Å². The van der Waals surface area contributed by atoms with Crippen LogP contribution in [0.4, 0.5) is 0 Å². The molecular weight excluding hydrogens is 761 g/mol. The Morgan fingerprint density at radius 2 is 0.520 bits per heavy atom. The Hall–Kier alpha value is -2.14. The third-order valence-electron chi connectivity index (χ3n) is 7.84. The van der Waals surface area contributed by atoms with Gasteiger partial charge in [-0.2, -0.15) is 0 Å². The topological polar surface area (TPSA) is 0 Å². The SMILES string of the molecule is S=C(Cc1ccccc1)SCc1cc(CSC(=S)Cc2ccccc2)c(CSC(=S)Cc2ccccc2)cc1CSC(=S)Cc1ccccc1. The van der Waals surface area contributed by atoms with Crippen LogP contribution in [0, 0.1) is 0 Å². The van der Waals surface area contributed by atoms with E-state index in [1.807, 2.05) is 24.3 Å². The van der Waals surface area contributed by atoms with Crippen molar-refractivity contribution in [2.75, 3.05) is 0 Å². The Morgan fingerprint density at radius 1 is 0.320 bits per heavy atom. The molecule has 5 aromatic carbocycles. The summed E-state index contributed by atoms with van der Waals surface area (Å²) in [4.78, 5) is 0. The maximum atomic E-state index is 5.89. The molecule has 0 aliphatic heterocycles. The fraction of sp³-hybridized carbons (Fsp3) is 0.190. The molecule has 0 unspecified atom stereocenters. The first-order chi connectivity index (χ1) is 24.4. The zero-order valence-electron chi connectivity index (χ0n) is 27.6. The van der Waals surface area contributed by atoms with Gasteiger partial charge in [0.25, 0.3) is 0 Å². The highest BCUT2D eigenvalue weighted by Crippen LogP contribution is 2.32. The van der Waals surface area contributed by atoms with Gasteiger partial charge in [-0.3, -0.25) is 0 Å². The van der Waals surface area contributed by atoms with Crippen LogP contribution < -0.4 is 0 Å². The van der Waals surface area contributed by atoms with Gasteiger partial charge in [0.1, 0.15) is 0 Å². The van der Waals surface area contributed by atoms with E-state index in [0.717, 1.165) is 65.5 Å². The van der Waals surface area contributed by atoms with E-state index in [0.29, 0.717) is 0 Å². The molecule has 0 aliphatic carbocycles. The number of hydrogen-bond donors (Lipinski definition) is 0. The van der Waals surface area contributed by atoms with Crippen molar-refractivity contribution in [1.82, 2.24) is 0 Å². The molecular formula is C42H38S8. The zero-order valence-corrected chi connectivity index (χ0v) is 34.2. The first kappa shape index (κ1) is 39.1. The highest BCUT2D eigenvalue weighted by Gasteiger charge is 2.15. The Morgan fingerprint density at radius 3 is 0.720 bits per heavy atom. The Balaban J connectivity index is 1.36. The quantitative estimate of drug-likeness (QED) is 0.0894. The summed E-state index contributed by atoms with van der Waals surface area (Å²) < 4.78 is 4.00. The van der Waals surface area contributed by atoms with Gasteiger partial charge >= 0.3 is 0 Å². The van der Waals surface area contributed by atoms with E-state index in [-0.39, 0.29) is 0 Å². The van der Waals surface area contributed by atoms with E-state index in [1.165, 1.54) is 44.5 Å². The summed E-state index contributed by atoms with van der Waals surface area (Å²) in [5, 5.41) is 0. The lowest BCUT2D eigenvalue weighted by Crippen LogP contribution is -2.05. The normalized spacial score (nSPS) is 10.9. The highest BCUT2D eigenvalue weighted by atomic mass is 32.2. The molecule has 0 saturated heterocycles. The fourth-order valence-corrected chi connectivity index (χ4v) is 10.0. The van der Waals surface area contributed by atoms with E-state index < -0.39 is 0 Å². The molecule has 50 heavy (non-hydrogen) atoms. The molecule has 0 aliphatic rings. The minimum Gasteiger partial charge on any atom is -0.114 e. The van der Waals surface area contributed by atoms with Crippen LogP contribution in [0.3, 0.4) is 0 Å². The van der Waals surface area contributed by atoms with Gasteiger partial charge in [-0.25, -0.2) is 0 Å². The van der Waals surface area contributed by atoms with Gasteiger partial charge in [0.2, 0.25) is 0 Å². The van der Waals surface area contributed by atoms with Crippen LogP contribution in [0.15, 0.2) is 133 Å². The predicted molar refractivity (Wildman–Crippen MR) is 243 cm³/mol. The zero-order chi connectivity index (χ0) is 35.0. The summed E-state index contributed by atoms with van der Waals surface area (Å²) in [7, 11) is 0. The van der Waals surface area contributed by atoms with Crippen LogP contribution in [0.1, 0.15) is 44.5 Å². The summed E-state index contributed by atoms with van der Waals surface area (Å²) in [6, 6.07) is 46.7. The standard InChI is InChI=1S/C42H38S8/c43-39(21-31-13-5-1-6-14-31)47-27-35-25-37(29-49-41(45)23-33-17-9-3-10-18-33)38(30-50-42(46)24-34-19-11-4-12-20-34)26-36(35)28-48-40(44)22-32-15-7-2-8-16-32/h1-20,25-26H,21-24,27-30H2. The molecule has 0 radical (unpaired) electrons. The van der Waals surface area contributed by atoms with E-state index in [1.54, 1.807) is 47.0 Å². The number of rotatable bonds is 16. The van der Waals surface area contributed by atoms with Gasteiger partial charge in [0.05, 0.1) is 16.8 Å². The van der Waals surface area contributed by atoms with Gasteiger partial charge in [-0.15, -0.1) is 47.0 Å². The van der Waals surface area contributed by atoms with Crippen LogP contribution in [-0.4, -0.2) is 16.8 Å². The minimum absolute atomic E-state index is 0.788. The van der Waals surface area contributed by atoms with Crippen LogP contribution in [0.5, 0.6) is 0 Å². The second-order valence-electron chi connectivity index (χ2n) is 11.7. The lowest BCUT2D eigenvalue weighted by atomic mass is 10.0. The molecule has 0 N–H and O–H groups in total. The molecule has 0 heterocycles. The van der Waals surface area contributed by atoms with Crippen molar-refractivity contribution in [3.8, 4) is 0 Å². The van der Waals surface area contributed by atoms with Crippen molar-refractivity contribution >= 4 is 113 Å². The summed E-state index contributed by atoms with van der Waals surface area (Å²) >= 11 is 30.6. The van der Waals surface area contributed by atoms with Crippen molar-refractivity contribution in [3.05, 3.63) is 178 Å². The molecule has 8 heteroatoms. The van der Waals surface area contributed by atoms with Crippen LogP contribution in [0.2, 0.25) is 0 Å². The van der Waals surface area contributed by atoms with Gasteiger partial charge in [-0.05, 0) is 44.5 Å².